The van der Waals surface area contributed by atoms with Crippen molar-refractivity contribution in [1.82, 2.24) is 0 Å². The average Bonchev–Trinajstić information content (AvgIpc) is 2.86. The summed E-state index contributed by atoms with van der Waals surface area (Å²) < 4.78 is 0. The van der Waals surface area contributed by atoms with Crippen molar-refractivity contribution in [3.63, 3.8) is 0 Å². The first-order valence-corrected chi connectivity index (χ1v) is 12.7. The molecule has 0 radical (unpaired) electrons. The number of ketones is 4. The maximum atomic E-state index is 11.8. The van der Waals surface area contributed by atoms with Crippen LogP contribution in [0.2, 0.25) is 0 Å². The first-order chi connectivity index (χ1) is 16.5. The van der Waals surface area contributed by atoms with Gasteiger partial charge in [0.05, 0.1) is 12.8 Å². The molecule has 34 heavy (non-hydrogen) atoms. The third kappa shape index (κ3) is 13.6. The van der Waals surface area contributed by atoms with Crippen molar-refractivity contribution in [2.45, 2.75) is 90.9 Å². The minimum Gasteiger partial charge on any atom is -0.299 e. The number of hydrogen-bond donors (Lipinski definition) is 0. The zero-order valence-corrected chi connectivity index (χ0v) is 20.9. The predicted molar refractivity (Wildman–Crippen MR) is 138 cm³/mol. The van der Waals surface area contributed by atoms with Crippen LogP contribution in [0.5, 0.6) is 0 Å². The van der Waals surface area contributed by atoms with E-state index in [1.165, 1.54) is 25.7 Å². The minimum absolute atomic E-state index is 0.0754. The molecular formula is C30H40O4. The van der Waals surface area contributed by atoms with Gasteiger partial charge in [-0.3, -0.25) is 19.2 Å². The topological polar surface area (TPSA) is 68.3 Å². The average molecular weight is 465 g/mol. The van der Waals surface area contributed by atoms with Crippen molar-refractivity contribution in [3.8, 4) is 0 Å². The molecule has 184 valence electrons. The van der Waals surface area contributed by atoms with Crippen LogP contribution in [0.25, 0.3) is 0 Å². The molecule has 0 saturated carbocycles. The Bertz CT molecular complexity index is 784. The Kier molecular flexibility index (Phi) is 15.9. The third-order valence-corrected chi connectivity index (χ3v) is 5.53. The van der Waals surface area contributed by atoms with Crippen molar-refractivity contribution in [1.29, 1.82) is 0 Å². The van der Waals surface area contributed by atoms with Crippen LogP contribution in [0.1, 0.15) is 112 Å². The highest BCUT2D eigenvalue weighted by atomic mass is 16.2. The smallest absolute Gasteiger partial charge is 0.170 e. The van der Waals surface area contributed by atoms with E-state index in [4.69, 9.17) is 0 Å². The highest BCUT2D eigenvalue weighted by Crippen LogP contribution is 2.09. The summed E-state index contributed by atoms with van der Waals surface area (Å²) in [5.41, 5.74) is 1.16. The van der Waals surface area contributed by atoms with Crippen LogP contribution in [0.4, 0.5) is 0 Å². The van der Waals surface area contributed by atoms with Gasteiger partial charge in [0, 0.05) is 24.0 Å². The molecule has 0 aliphatic heterocycles. The molecule has 0 saturated heterocycles. The van der Waals surface area contributed by atoms with Crippen LogP contribution in [-0.2, 0) is 9.59 Å². The molecule has 0 aliphatic carbocycles. The van der Waals surface area contributed by atoms with E-state index >= 15 is 0 Å². The van der Waals surface area contributed by atoms with Gasteiger partial charge in [-0.25, -0.2) is 0 Å². The molecule has 0 atom stereocenters. The molecule has 0 aliphatic rings. The largest absolute Gasteiger partial charge is 0.299 e. The van der Waals surface area contributed by atoms with E-state index in [1.54, 1.807) is 48.5 Å². The van der Waals surface area contributed by atoms with Gasteiger partial charge < -0.3 is 0 Å². The second-order valence-corrected chi connectivity index (χ2v) is 8.63. The van der Waals surface area contributed by atoms with Crippen LogP contribution in [0.3, 0.4) is 0 Å². The molecular weight excluding hydrogens is 424 g/mol. The molecule has 0 bridgehead atoms. The molecule has 4 heteroatoms. The van der Waals surface area contributed by atoms with E-state index in [9.17, 15) is 19.2 Å². The SMILES string of the molecule is CCCCCCC(=O)CC(=O)CCCCCC.O=C(CC(=O)c1ccccc1)c1ccccc1. The molecule has 4 nitrogen and oxygen atoms in total. The van der Waals surface area contributed by atoms with Gasteiger partial charge in [-0.05, 0) is 12.8 Å². The van der Waals surface area contributed by atoms with Gasteiger partial charge in [0.25, 0.3) is 0 Å². The quantitative estimate of drug-likeness (QED) is 0.146. The Labute approximate surface area is 205 Å². The lowest BCUT2D eigenvalue weighted by Gasteiger charge is -2.01. The number of unbranched alkanes of at least 4 members (excludes halogenated alkanes) is 6. The predicted octanol–water partition coefficient (Wildman–Crippen LogP) is 7.60. The Morgan fingerprint density at radius 3 is 1.24 bits per heavy atom. The number of benzene rings is 2. The fraction of sp³-hybridized carbons (Fsp3) is 0.467. The lowest BCUT2D eigenvalue weighted by Crippen LogP contribution is -2.08. The van der Waals surface area contributed by atoms with Crippen LogP contribution >= 0.6 is 0 Å². The Hall–Kier alpha value is -2.88. The van der Waals surface area contributed by atoms with E-state index in [0.717, 1.165) is 25.7 Å². The number of carbonyl (C=O) groups is 4. The number of rotatable bonds is 16. The van der Waals surface area contributed by atoms with Crippen molar-refractivity contribution in [2.24, 2.45) is 0 Å². The fourth-order valence-electron chi connectivity index (χ4n) is 3.49. The summed E-state index contributed by atoms with van der Waals surface area (Å²) in [5, 5.41) is 0. The molecule has 2 rings (SSSR count). The Morgan fingerprint density at radius 1 is 0.500 bits per heavy atom. The highest BCUT2D eigenvalue weighted by Gasteiger charge is 2.12. The van der Waals surface area contributed by atoms with E-state index < -0.39 is 0 Å². The molecule has 0 aromatic heterocycles. The second-order valence-electron chi connectivity index (χ2n) is 8.63. The number of hydrogen-bond acceptors (Lipinski definition) is 4. The van der Waals surface area contributed by atoms with Gasteiger partial charge >= 0.3 is 0 Å². The lowest BCUT2D eigenvalue weighted by atomic mass is 10.0. The van der Waals surface area contributed by atoms with Gasteiger partial charge in [-0.2, -0.15) is 0 Å². The first-order valence-electron chi connectivity index (χ1n) is 12.7. The molecule has 0 fully saturated rings. The second kappa shape index (κ2) is 18.5. The van der Waals surface area contributed by atoms with Gasteiger partial charge in [0.1, 0.15) is 11.6 Å². The molecule has 0 heterocycles. The summed E-state index contributed by atoms with van der Waals surface area (Å²) in [6.45, 7) is 4.31. The van der Waals surface area contributed by atoms with Crippen molar-refractivity contribution in [3.05, 3.63) is 71.8 Å². The monoisotopic (exact) mass is 464 g/mol. The highest BCUT2D eigenvalue weighted by molar-refractivity contribution is 6.13. The van der Waals surface area contributed by atoms with Crippen LogP contribution in [0, 0.1) is 0 Å². The maximum absolute atomic E-state index is 11.8. The minimum atomic E-state index is -0.139. The normalized spacial score (nSPS) is 10.2. The van der Waals surface area contributed by atoms with Crippen LogP contribution in [0.15, 0.2) is 60.7 Å². The summed E-state index contributed by atoms with van der Waals surface area (Å²) in [6, 6.07) is 17.7. The Balaban J connectivity index is 0.000000340. The maximum Gasteiger partial charge on any atom is 0.170 e. The standard InChI is InChI=1S/C15H12O2.C15H28O2/c16-14(12-7-3-1-4-8-12)11-15(17)13-9-5-2-6-10-13;1-3-5-7-9-11-14(16)13-15(17)12-10-8-6-4-2/h1-10H,11H2;3-13H2,1-2H3. The number of carbonyl (C=O) groups excluding carboxylic acids is 4. The molecule has 0 amide bonds. The van der Waals surface area contributed by atoms with E-state index in [0.29, 0.717) is 24.0 Å². The summed E-state index contributed by atoms with van der Waals surface area (Å²) >= 11 is 0. The molecule has 2 aromatic carbocycles. The molecule has 2 aromatic rings. The van der Waals surface area contributed by atoms with Gasteiger partial charge in [-0.15, -0.1) is 0 Å². The van der Waals surface area contributed by atoms with Gasteiger partial charge in [0.15, 0.2) is 11.6 Å². The molecule has 0 N–H and O–H groups in total. The number of Topliss-reactive ketones (excluding diaryl/α,β-unsaturated/α-hetero) is 4. The third-order valence-electron chi connectivity index (χ3n) is 5.53. The van der Waals surface area contributed by atoms with Crippen LogP contribution < -0.4 is 0 Å². The fourth-order valence-corrected chi connectivity index (χ4v) is 3.49. The lowest BCUT2D eigenvalue weighted by molar-refractivity contribution is -0.127. The zero-order chi connectivity index (χ0) is 25.0. The molecule has 0 unspecified atom stereocenters. The van der Waals surface area contributed by atoms with Crippen molar-refractivity contribution in [2.75, 3.05) is 0 Å². The summed E-state index contributed by atoms with van der Waals surface area (Å²) in [6.07, 6.45) is 10.2. The first kappa shape index (κ1) is 29.2. The molecule has 0 spiro atoms. The zero-order valence-electron chi connectivity index (χ0n) is 20.9. The van der Waals surface area contributed by atoms with E-state index in [1.807, 2.05) is 12.1 Å². The van der Waals surface area contributed by atoms with Crippen molar-refractivity contribution >= 4 is 23.1 Å². The summed E-state index contributed by atoms with van der Waals surface area (Å²) in [4.78, 5) is 46.6. The van der Waals surface area contributed by atoms with E-state index in [2.05, 4.69) is 13.8 Å². The van der Waals surface area contributed by atoms with Gasteiger partial charge in [-0.1, -0.05) is 113 Å². The summed E-state index contributed by atoms with van der Waals surface area (Å²) in [5.74, 6) is 0.00194. The Morgan fingerprint density at radius 2 is 0.882 bits per heavy atom. The van der Waals surface area contributed by atoms with Crippen molar-refractivity contribution < 1.29 is 19.2 Å². The van der Waals surface area contributed by atoms with Crippen LogP contribution in [-0.4, -0.2) is 23.1 Å². The summed E-state index contributed by atoms with van der Waals surface area (Å²) in [7, 11) is 0. The van der Waals surface area contributed by atoms with E-state index in [-0.39, 0.29) is 36.0 Å². The van der Waals surface area contributed by atoms with Gasteiger partial charge in [0.2, 0.25) is 0 Å².